The highest BCUT2D eigenvalue weighted by Gasteiger charge is 2.42. The van der Waals surface area contributed by atoms with Gasteiger partial charge in [0.2, 0.25) is 5.91 Å². The fourth-order valence-corrected chi connectivity index (χ4v) is 2.84. The van der Waals surface area contributed by atoms with Crippen LogP contribution in [-0.4, -0.2) is 32.3 Å². The SMILES string of the molecule is CCC(=O)N1C(=O)SC(Cc2ccc(O)cc2)C1=O. The topological polar surface area (TPSA) is 74.7 Å². The van der Waals surface area contributed by atoms with Crippen LogP contribution in [0.5, 0.6) is 5.75 Å². The van der Waals surface area contributed by atoms with Crippen LogP contribution in [-0.2, 0) is 16.0 Å². The minimum Gasteiger partial charge on any atom is -0.508 e. The number of rotatable bonds is 3. The quantitative estimate of drug-likeness (QED) is 0.915. The van der Waals surface area contributed by atoms with Crippen molar-refractivity contribution in [2.45, 2.75) is 25.0 Å². The molecule has 1 aliphatic heterocycles. The highest BCUT2D eigenvalue weighted by molar-refractivity contribution is 8.15. The highest BCUT2D eigenvalue weighted by Crippen LogP contribution is 2.30. The van der Waals surface area contributed by atoms with Crippen molar-refractivity contribution in [3.8, 4) is 5.75 Å². The summed E-state index contributed by atoms with van der Waals surface area (Å²) < 4.78 is 0. The van der Waals surface area contributed by atoms with Gasteiger partial charge >= 0.3 is 0 Å². The molecule has 3 amide bonds. The maximum atomic E-state index is 12.0. The zero-order valence-corrected chi connectivity index (χ0v) is 11.1. The molecule has 0 spiro atoms. The van der Waals surface area contributed by atoms with Crippen molar-refractivity contribution in [1.82, 2.24) is 4.90 Å². The van der Waals surface area contributed by atoms with Crippen molar-refractivity contribution in [3.63, 3.8) is 0 Å². The molecule has 1 N–H and O–H groups in total. The third-order valence-corrected chi connectivity index (χ3v) is 3.87. The zero-order chi connectivity index (χ0) is 14.0. The van der Waals surface area contributed by atoms with E-state index in [1.54, 1.807) is 19.1 Å². The Bertz CT molecular complexity index is 526. The number of phenols is 1. The molecule has 1 unspecified atom stereocenters. The second-order valence-corrected chi connectivity index (χ2v) is 5.32. The van der Waals surface area contributed by atoms with Crippen LogP contribution in [0.2, 0.25) is 0 Å². The Morgan fingerprint density at radius 2 is 1.95 bits per heavy atom. The first kappa shape index (κ1) is 13.6. The number of carbonyl (C=O) groups excluding carboxylic acids is 3. The molecule has 1 atom stereocenters. The fraction of sp³-hybridized carbons (Fsp3) is 0.308. The van der Waals surface area contributed by atoms with Gasteiger partial charge in [-0.15, -0.1) is 0 Å². The van der Waals surface area contributed by atoms with Crippen LogP contribution in [0.3, 0.4) is 0 Å². The first-order valence-electron chi connectivity index (χ1n) is 5.88. The first-order chi connectivity index (χ1) is 9.02. The van der Waals surface area contributed by atoms with Crippen molar-refractivity contribution in [2.75, 3.05) is 0 Å². The van der Waals surface area contributed by atoms with Crippen LogP contribution < -0.4 is 0 Å². The Hall–Kier alpha value is -1.82. The molecule has 100 valence electrons. The fourth-order valence-electron chi connectivity index (χ4n) is 1.82. The lowest BCUT2D eigenvalue weighted by Crippen LogP contribution is -2.37. The van der Waals surface area contributed by atoms with Gasteiger partial charge < -0.3 is 5.11 Å². The lowest BCUT2D eigenvalue weighted by molar-refractivity contribution is -0.139. The van der Waals surface area contributed by atoms with E-state index in [2.05, 4.69) is 0 Å². The van der Waals surface area contributed by atoms with E-state index < -0.39 is 22.3 Å². The third-order valence-electron chi connectivity index (χ3n) is 2.83. The molecule has 0 radical (unpaired) electrons. The zero-order valence-electron chi connectivity index (χ0n) is 10.3. The summed E-state index contributed by atoms with van der Waals surface area (Å²) in [6.07, 6.45) is 0.493. The monoisotopic (exact) mass is 279 g/mol. The number of carbonyl (C=O) groups is 3. The summed E-state index contributed by atoms with van der Waals surface area (Å²) in [7, 11) is 0. The van der Waals surface area contributed by atoms with E-state index >= 15 is 0 Å². The summed E-state index contributed by atoms with van der Waals surface area (Å²) in [5.74, 6) is -0.765. The second-order valence-electron chi connectivity index (χ2n) is 4.16. The van der Waals surface area contributed by atoms with Gasteiger partial charge in [-0.05, 0) is 24.1 Å². The average Bonchev–Trinajstić information content (AvgIpc) is 2.66. The summed E-state index contributed by atoms with van der Waals surface area (Å²) in [4.78, 5) is 35.9. The van der Waals surface area contributed by atoms with Crippen molar-refractivity contribution < 1.29 is 19.5 Å². The first-order valence-corrected chi connectivity index (χ1v) is 6.76. The maximum absolute atomic E-state index is 12.0. The summed E-state index contributed by atoms with van der Waals surface area (Å²) in [5, 5.41) is 8.12. The van der Waals surface area contributed by atoms with E-state index in [1.165, 1.54) is 12.1 Å². The number of thioether (sulfide) groups is 1. The molecule has 1 saturated heterocycles. The average molecular weight is 279 g/mol. The Labute approximate surface area is 114 Å². The van der Waals surface area contributed by atoms with Gasteiger partial charge in [-0.25, -0.2) is 4.90 Å². The Morgan fingerprint density at radius 3 is 2.53 bits per heavy atom. The van der Waals surface area contributed by atoms with E-state index in [4.69, 9.17) is 0 Å². The van der Waals surface area contributed by atoms with Crippen LogP contribution in [0.15, 0.2) is 24.3 Å². The van der Waals surface area contributed by atoms with Gasteiger partial charge in [0.05, 0.1) is 5.25 Å². The van der Waals surface area contributed by atoms with E-state index in [1.807, 2.05) is 0 Å². The third kappa shape index (κ3) is 2.78. The predicted octanol–water partition coefficient (Wildman–Crippen LogP) is 1.94. The van der Waals surface area contributed by atoms with Gasteiger partial charge in [0.15, 0.2) is 0 Å². The van der Waals surface area contributed by atoms with Crippen LogP contribution >= 0.6 is 11.8 Å². The number of imide groups is 3. The molecule has 0 saturated carbocycles. The summed E-state index contributed by atoms with van der Waals surface area (Å²) in [6.45, 7) is 1.61. The number of phenolic OH excluding ortho intramolecular Hbond substituents is 1. The van der Waals surface area contributed by atoms with Gasteiger partial charge in [-0.2, -0.15) is 0 Å². The number of amides is 3. The molecule has 1 fully saturated rings. The van der Waals surface area contributed by atoms with Gasteiger partial charge in [-0.1, -0.05) is 30.8 Å². The number of nitrogens with zero attached hydrogens (tertiary/aromatic N) is 1. The number of benzene rings is 1. The minimum atomic E-state index is -0.562. The van der Waals surface area contributed by atoms with Crippen molar-refractivity contribution in [1.29, 1.82) is 0 Å². The van der Waals surface area contributed by atoms with Gasteiger partial charge in [0, 0.05) is 6.42 Å². The van der Waals surface area contributed by atoms with E-state index in [0.29, 0.717) is 6.42 Å². The molecule has 1 heterocycles. The molecule has 1 aromatic rings. The molecule has 2 rings (SSSR count). The maximum Gasteiger partial charge on any atom is 0.295 e. The van der Waals surface area contributed by atoms with Gasteiger partial charge in [0.1, 0.15) is 5.75 Å². The molecular formula is C13H13NO4S. The largest absolute Gasteiger partial charge is 0.508 e. The summed E-state index contributed by atoms with van der Waals surface area (Å²) in [6, 6.07) is 6.43. The number of aromatic hydroxyl groups is 1. The smallest absolute Gasteiger partial charge is 0.295 e. The molecule has 5 nitrogen and oxygen atoms in total. The van der Waals surface area contributed by atoms with Crippen molar-refractivity contribution in [3.05, 3.63) is 29.8 Å². The standard InChI is InChI=1S/C13H13NO4S/c1-2-11(16)14-12(17)10(19-13(14)18)7-8-3-5-9(15)6-4-8/h3-6,10,15H,2,7H2,1H3. The predicted molar refractivity (Wildman–Crippen MR) is 70.7 cm³/mol. The van der Waals surface area contributed by atoms with Crippen LogP contribution in [0.4, 0.5) is 4.79 Å². The summed E-state index contributed by atoms with van der Waals surface area (Å²) in [5.41, 5.74) is 0.835. The highest BCUT2D eigenvalue weighted by atomic mass is 32.2. The second kappa shape index (κ2) is 5.44. The number of hydrogen-bond donors (Lipinski definition) is 1. The molecule has 1 aromatic carbocycles. The Balaban J connectivity index is 2.11. The van der Waals surface area contributed by atoms with Gasteiger partial charge in [0.25, 0.3) is 11.1 Å². The molecule has 0 bridgehead atoms. The molecule has 19 heavy (non-hydrogen) atoms. The summed E-state index contributed by atoms with van der Waals surface area (Å²) >= 11 is 0.879. The molecular weight excluding hydrogens is 266 g/mol. The van der Waals surface area contributed by atoms with Crippen LogP contribution in [0.25, 0.3) is 0 Å². The molecule has 6 heteroatoms. The van der Waals surface area contributed by atoms with Crippen LogP contribution in [0, 0.1) is 0 Å². The van der Waals surface area contributed by atoms with Crippen molar-refractivity contribution >= 4 is 28.8 Å². The molecule has 1 aliphatic rings. The lowest BCUT2D eigenvalue weighted by atomic mass is 10.1. The van der Waals surface area contributed by atoms with E-state index in [-0.39, 0.29) is 12.2 Å². The molecule has 0 aromatic heterocycles. The lowest BCUT2D eigenvalue weighted by Gasteiger charge is -2.10. The minimum absolute atomic E-state index is 0.129. The molecule has 0 aliphatic carbocycles. The number of hydrogen-bond acceptors (Lipinski definition) is 5. The Kier molecular flexibility index (Phi) is 3.90. The van der Waals surface area contributed by atoms with Crippen LogP contribution in [0.1, 0.15) is 18.9 Å². The normalized spacial score (nSPS) is 19.0. The Morgan fingerprint density at radius 1 is 1.32 bits per heavy atom. The van der Waals surface area contributed by atoms with E-state index in [0.717, 1.165) is 22.2 Å². The van der Waals surface area contributed by atoms with E-state index in [9.17, 15) is 19.5 Å². The van der Waals surface area contributed by atoms with Crippen molar-refractivity contribution in [2.24, 2.45) is 0 Å². The van der Waals surface area contributed by atoms with Gasteiger partial charge in [-0.3, -0.25) is 14.4 Å².